The Morgan fingerprint density at radius 1 is 1.36 bits per heavy atom. The first kappa shape index (κ1) is 14.8. The zero-order valence-electron chi connectivity index (χ0n) is 12.7. The topological polar surface area (TPSA) is 38.5 Å². The number of anilines is 1. The minimum Gasteiger partial charge on any atom is -0.350 e. The van der Waals surface area contributed by atoms with Gasteiger partial charge in [0.2, 0.25) is 0 Å². The molecule has 3 rings (SSSR count). The van der Waals surface area contributed by atoms with Crippen molar-refractivity contribution in [3.63, 3.8) is 0 Å². The summed E-state index contributed by atoms with van der Waals surface area (Å²) in [6.45, 7) is 1.44. The monoisotopic (exact) mass is 302 g/mol. The molecule has 0 aliphatic carbocycles. The molecule has 5 heteroatoms. The smallest absolute Gasteiger partial charge is 0.279 e. The van der Waals surface area contributed by atoms with Gasteiger partial charge < -0.3 is 14.8 Å². The second-order valence-corrected chi connectivity index (χ2v) is 5.88. The Labute approximate surface area is 129 Å². The van der Waals surface area contributed by atoms with Gasteiger partial charge in [-0.25, -0.2) is 4.39 Å². The molecule has 116 valence electrons. The fourth-order valence-corrected chi connectivity index (χ4v) is 3.26. The first-order chi connectivity index (χ1) is 10.6. The maximum Gasteiger partial charge on any atom is 0.279 e. The third-order valence-electron chi connectivity index (χ3n) is 4.34. The Morgan fingerprint density at radius 2 is 2.14 bits per heavy atom. The van der Waals surface area contributed by atoms with E-state index in [9.17, 15) is 9.18 Å². The summed E-state index contributed by atoms with van der Waals surface area (Å²) < 4.78 is 15.0. The lowest BCUT2D eigenvalue weighted by Crippen LogP contribution is -3.11. The summed E-state index contributed by atoms with van der Waals surface area (Å²) in [6, 6.07) is 10.4. The van der Waals surface area contributed by atoms with Gasteiger partial charge in [0.15, 0.2) is 6.54 Å². The highest BCUT2D eigenvalue weighted by Gasteiger charge is 2.32. The highest BCUT2D eigenvalue weighted by atomic mass is 19.1. The molecule has 1 amide bonds. The summed E-state index contributed by atoms with van der Waals surface area (Å²) in [5, 5.41) is 2.84. The average Bonchev–Trinajstić information content (AvgIpc) is 3.10. The van der Waals surface area contributed by atoms with Gasteiger partial charge in [0.1, 0.15) is 11.9 Å². The van der Waals surface area contributed by atoms with Crippen LogP contribution in [0.3, 0.4) is 0 Å². The van der Waals surface area contributed by atoms with E-state index in [0.717, 1.165) is 19.4 Å². The van der Waals surface area contributed by atoms with Gasteiger partial charge in [-0.3, -0.25) is 4.79 Å². The maximum atomic E-state index is 12.9. The SMILES string of the molecule is Cn1cccc1[C@H]1CCC[NH+]1CC(=O)Nc1ccc(F)cc1. The van der Waals surface area contributed by atoms with Crippen molar-refractivity contribution < 1.29 is 14.1 Å². The number of rotatable bonds is 4. The van der Waals surface area contributed by atoms with Crippen LogP contribution < -0.4 is 10.2 Å². The summed E-state index contributed by atoms with van der Waals surface area (Å²) in [5.74, 6) is -0.324. The molecule has 2 N–H and O–H groups in total. The van der Waals surface area contributed by atoms with Gasteiger partial charge in [-0.1, -0.05) is 0 Å². The van der Waals surface area contributed by atoms with E-state index in [1.54, 1.807) is 12.1 Å². The van der Waals surface area contributed by atoms with Crippen molar-refractivity contribution in [1.29, 1.82) is 0 Å². The molecule has 2 heterocycles. The lowest BCUT2D eigenvalue weighted by molar-refractivity contribution is -0.910. The quantitative estimate of drug-likeness (QED) is 0.883. The third kappa shape index (κ3) is 3.20. The van der Waals surface area contributed by atoms with Crippen LogP contribution in [0.5, 0.6) is 0 Å². The van der Waals surface area contributed by atoms with Crippen molar-refractivity contribution in [3.8, 4) is 0 Å². The van der Waals surface area contributed by atoms with Crippen LogP contribution >= 0.6 is 0 Å². The predicted octanol–water partition coefficient (Wildman–Crippen LogP) is 1.52. The molecule has 1 aromatic carbocycles. The number of nitrogens with zero attached hydrogens (tertiary/aromatic N) is 1. The zero-order chi connectivity index (χ0) is 15.5. The van der Waals surface area contributed by atoms with E-state index in [1.807, 2.05) is 19.3 Å². The van der Waals surface area contributed by atoms with Crippen LogP contribution in [0.25, 0.3) is 0 Å². The fourth-order valence-electron chi connectivity index (χ4n) is 3.26. The second-order valence-electron chi connectivity index (χ2n) is 5.88. The normalized spacial score (nSPS) is 21.0. The van der Waals surface area contributed by atoms with Crippen LogP contribution in [0.1, 0.15) is 24.6 Å². The van der Waals surface area contributed by atoms with Gasteiger partial charge in [0.25, 0.3) is 5.91 Å². The molecule has 2 aromatic rings. The maximum absolute atomic E-state index is 12.9. The fraction of sp³-hybridized carbons (Fsp3) is 0.353. The molecule has 1 unspecified atom stereocenters. The molecule has 1 fully saturated rings. The highest BCUT2D eigenvalue weighted by Crippen LogP contribution is 2.19. The number of hydrogen-bond donors (Lipinski definition) is 2. The number of benzene rings is 1. The summed E-state index contributed by atoms with van der Waals surface area (Å²) in [7, 11) is 2.05. The van der Waals surface area contributed by atoms with Crippen LogP contribution in [-0.2, 0) is 11.8 Å². The molecule has 1 aromatic heterocycles. The Hall–Kier alpha value is -2.14. The van der Waals surface area contributed by atoms with Crippen molar-refractivity contribution in [3.05, 3.63) is 54.1 Å². The number of nitrogens with one attached hydrogen (secondary N) is 2. The van der Waals surface area contributed by atoms with Crippen LogP contribution in [-0.4, -0.2) is 23.6 Å². The van der Waals surface area contributed by atoms with Crippen LogP contribution in [0.4, 0.5) is 10.1 Å². The molecular formula is C17H21FN3O+. The minimum atomic E-state index is -0.299. The Kier molecular flexibility index (Phi) is 4.24. The molecular weight excluding hydrogens is 281 g/mol. The van der Waals surface area contributed by atoms with Crippen LogP contribution in [0, 0.1) is 5.82 Å². The number of likely N-dealkylation sites (tertiary alicyclic amines) is 1. The van der Waals surface area contributed by atoms with Gasteiger partial charge in [-0.2, -0.15) is 0 Å². The van der Waals surface area contributed by atoms with Gasteiger partial charge in [-0.05, 0) is 36.4 Å². The molecule has 22 heavy (non-hydrogen) atoms. The minimum absolute atomic E-state index is 0.0253. The van der Waals surface area contributed by atoms with Gasteiger partial charge in [-0.15, -0.1) is 0 Å². The molecule has 1 aliphatic heterocycles. The van der Waals surface area contributed by atoms with Crippen LogP contribution in [0.15, 0.2) is 42.6 Å². The number of carbonyl (C=O) groups excluding carboxylic acids is 1. The molecule has 0 saturated carbocycles. The lowest BCUT2D eigenvalue weighted by atomic mass is 10.1. The molecule has 1 aliphatic rings. The van der Waals surface area contributed by atoms with Gasteiger partial charge in [0.05, 0.1) is 12.2 Å². The molecule has 4 nitrogen and oxygen atoms in total. The van der Waals surface area contributed by atoms with Gasteiger partial charge >= 0.3 is 0 Å². The number of carbonyl (C=O) groups is 1. The molecule has 0 radical (unpaired) electrons. The summed E-state index contributed by atoms with van der Waals surface area (Å²) in [4.78, 5) is 13.5. The van der Waals surface area contributed by atoms with E-state index in [2.05, 4.69) is 16.0 Å². The van der Waals surface area contributed by atoms with Crippen molar-refractivity contribution in [1.82, 2.24) is 4.57 Å². The second kappa shape index (κ2) is 6.32. The number of halogens is 1. The Morgan fingerprint density at radius 3 is 2.82 bits per heavy atom. The molecule has 0 spiro atoms. The lowest BCUT2D eigenvalue weighted by Gasteiger charge is -2.21. The standard InChI is InChI=1S/C17H20FN3O/c1-20-10-2-4-15(20)16-5-3-11-21(16)12-17(22)19-14-8-6-13(18)7-9-14/h2,4,6-10,16H,3,5,11-12H2,1H3,(H,19,22)/p+1/t16-/m1/s1. The first-order valence-electron chi connectivity index (χ1n) is 7.65. The van der Waals surface area contributed by atoms with Crippen molar-refractivity contribution in [2.75, 3.05) is 18.4 Å². The highest BCUT2D eigenvalue weighted by molar-refractivity contribution is 5.91. The van der Waals surface area contributed by atoms with E-state index in [1.165, 1.54) is 22.7 Å². The third-order valence-corrected chi connectivity index (χ3v) is 4.34. The Bertz CT molecular complexity index is 650. The van der Waals surface area contributed by atoms with E-state index < -0.39 is 0 Å². The molecule has 0 bridgehead atoms. The van der Waals surface area contributed by atoms with E-state index >= 15 is 0 Å². The zero-order valence-corrected chi connectivity index (χ0v) is 12.7. The van der Waals surface area contributed by atoms with Crippen molar-refractivity contribution >= 4 is 11.6 Å². The van der Waals surface area contributed by atoms with E-state index in [0.29, 0.717) is 18.3 Å². The summed E-state index contributed by atoms with van der Waals surface area (Å²) in [5.41, 5.74) is 1.92. The van der Waals surface area contributed by atoms with Crippen molar-refractivity contribution in [2.24, 2.45) is 7.05 Å². The average molecular weight is 302 g/mol. The van der Waals surface area contributed by atoms with Gasteiger partial charge in [0, 0.05) is 31.8 Å². The predicted molar refractivity (Wildman–Crippen MR) is 83.1 cm³/mol. The number of aromatic nitrogens is 1. The van der Waals surface area contributed by atoms with E-state index in [-0.39, 0.29) is 11.7 Å². The number of hydrogen-bond acceptors (Lipinski definition) is 1. The van der Waals surface area contributed by atoms with Crippen LogP contribution in [0.2, 0.25) is 0 Å². The first-order valence-corrected chi connectivity index (χ1v) is 7.65. The molecule has 1 saturated heterocycles. The van der Waals surface area contributed by atoms with Crippen molar-refractivity contribution in [2.45, 2.75) is 18.9 Å². The number of amides is 1. The molecule has 2 atom stereocenters. The number of quaternary nitrogens is 1. The summed E-state index contributed by atoms with van der Waals surface area (Å²) >= 11 is 0. The largest absolute Gasteiger partial charge is 0.350 e. The van der Waals surface area contributed by atoms with E-state index in [4.69, 9.17) is 0 Å². The number of aryl methyl sites for hydroxylation is 1. The Balaban J connectivity index is 1.63. The summed E-state index contributed by atoms with van der Waals surface area (Å²) in [6.07, 6.45) is 4.29.